The van der Waals surface area contributed by atoms with E-state index in [0.29, 0.717) is 44.0 Å². The summed E-state index contributed by atoms with van der Waals surface area (Å²) >= 11 is 0. The number of ether oxygens (including phenoxy) is 2. The maximum Gasteiger partial charge on any atom is 0.365 e. The molecule has 0 atom stereocenters. The number of carbonyl (C=O) groups is 2. The van der Waals surface area contributed by atoms with Crippen molar-refractivity contribution in [2.24, 2.45) is 4.99 Å². The van der Waals surface area contributed by atoms with Gasteiger partial charge in [0.25, 0.3) is 0 Å². The van der Waals surface area contributed by atoms with E-state index in [9.17, 15) is 9.59 Å². The summed E-state index contributed by atoms with van der Waals surface area (Å²) in [5.41, 5.74) is 2.13. The maximum atomic E-state index is 12.4. The average molecular weight is 434 g/mol. The molecule has 0 unspecified atom stereocenters. The van der Waals surface area contributed by atoms with Gasteiger partial charge in [-0.05, 0) is 30.2 Å². The number of carbonyl (C=O) groups excluding carboxylic acids is 2. The SMILES string of the molecule is COc1cccc(C2=N/C(=C/N3CCN(C(=O)NCCc4ccccc4)CC3)C(=O)O2)c1. The first-order chi connectivity index (χ1) is 15.6. The van der Waals surface area contributed by atoms with Crippen molar-refractivity contribution < 1.29 is 19.1 Å². The minimum atomic E-state index is -0.482. The molecule has 2 aliphatic heterocycles. The molecule has 1 N–H and O–H groups in total. The third-order valence-corrected chi connectivity index (χ3v) is 5.38. The average Bonchev–Trinajstić information content (AvgIpc) is 3.20. The number of methoxy groups -OCH3 is 1. The monoisotopic (exact) mass is 434 g/mol. The van der Waals surface area contributed by atoms with Crippen molar-refractivity contribution in [2.75, 3.05) is 39.8 Å². The van der Waals surface area contributed by atoms with Crippen LogP contribution in [0.15, 0.2) is 71.5 Å². The van der Waals surface area contributed by atoms with Crippen molar-refractivity contribution in [3.8, 4) is 5.75 Å². The Morgan fingerprint density at radius 1 is 1.12 bits per heavy atom. The van der Waals surface area contributed by atoms with E-state index in [1.165, 1.54) is 5.56 Å². The predicted octanol–water partition coefficient (Wildman–Crippen LogP) is 2.41. The molecular formula is C24H26N4O4. The summed E-state index contributed by atoms with van der Waals surface area (Å²) < 4.78 is 10.5. The summed E-state index contributed by atoms with van der Waals surface area (Å²) in [6.07, 6.45) is 2.51. The number of esters is 1. The fourth-order valence-corrected chi connectivity index (χ4v) is 3.58. The third-order valence-electron chi connectivity index (χ3n) is 5.38. The molecule has 2 aliphatic rings. The lowest BCUT2D eigenvalue weighted by atomic mass is 10.1. The quantitative estimate of drug-likeness (QED) is 0.558. The molecule has 2 aromatic rings. The van der Waals surface area contributed by atoms with Crippen LogP contribution in [-0.2, 0) is 16.0 Å². The lowest BCUT2D eigenvalue weighted by molar-refractivity contribution is -0.130. The van der Waals surface area contributed by atoms with Crippen LogP contribution in [0.3, 0.4) is 0 Å². The van der Waals surface area contributed by atoms with Crippen LogP contribution < -0.4 is 10.1 Å². The largest absolute Gasteiger partial charge is 0.497 e. The zero-order valence-electron chi connectivity index (χ0n) is 18.0. The highest BCUT2D eigenvalue weighted by Crippen LogP contribution is 2.20. The van der Waals surface area contributed by atoms with Crippen LogP contribution in [0, 0.1) is 0 Å². The van der Waals surface area contributed by atoms with Gasteiger partial charge in [0.15, 0.2) is 5.70 Å². The molecule has 166 valence electrons. The zero-order valence-corrected chi connectivity index (χ0v) is 18.0. The molecule has 2 aromatic carbocycles. The Morgan fingerprint density at radius 3 is 2.66 bits per heavy atom. The Hall–Kier alpha value is -3.81. The highest BCUT2D eigenvalue weighted by atomic mass is 16.6. The molecule has 4 rings (SSSR count). The number of nitrogens with one attached hydrogen (secondary N) is 1. The van der Waals surface area contributed by atoms with E-state index in [0.717, 1.165) is 6.42 Å². The van der Waals surface area contributed by atoms with Gasteiger partial charge in [0.1, 0.15) is 5.75 Å². The molecule has 1 fully saturated rings. The topological polar surface area (TPSA) is 83.5 Å². The molecule has 0 saturated carbocycles. The fourth-order valence-electron chi connectivity index (χ4n) is 3.58. The second-order valence-corrected chi connectivity index (χ2v) is 7.54. The number of benzene rings is 2. The Bertz CT molecular complexity index is 1030. The second-order valence-electron chi connectivity index (χ2n) is 7.54. The van der Waals surface area contributed by atoms with Crippen molar-refractivity contribution in [3.63, 3.8) is 0 Å². The van der Waals surface area contributed by atoms with Crippen LogP contribution in [0.2, 0.25) is 0 Å². The molecule has 1 saturated heterocycles. The number of cyclic esters (lactones) is 1. The number of hydrogen-bond acceptors (Lipinski definition) is 6. The number of urea groups is 1. The molecule has 8 heteroatoms. The molecule has 2 heterocycles. The van der Waals surface area contributed by atoms with Crippen LogP contribution in [0.4, 0.5) is 4.79 Å². The molecule has 0 spiro atoms. The van der Waals surface area contributed by atoms with E-state index < -0.39 is 5.97 Å². The van der Waals surface area contributed by atoms with Crippen LogP contribution in [0.25, 0.3) is 0 Å². The molecular weight excluding hydrogens is 408 g/mol. The molecule has 32 heavy (non-hydrogen) atoms. The van der Waals surface area contributed by atoms with Crippen LogP contribution >= 0.6 is 0 Å². The standard InChI is InChI=1S/C24H26N4O4/c1-31-20-9-5-8-19(16-20)22-26-21(23(29)32-22)17-27-12-14-28(15-13-27)24(30)25-11-10-18-6-3-2-4-7-18/h2-9,16-17H,10-15H2,1H3,(H,25,30)/b21-17+. The Kier molecular flexibility index (Phi) is 6.69. The van der Waals surface area contributed by atoms with Crippen molar-refractivity contribution in [1.29, 1.82) is 0 Å². The van der Waals surface area contributed by atoms with E-state index in [-0.39, 0.29) is 17.6 Å². The van der Waals surface area contributed by atoms with Gasteiger partial charge in [-0.1, -0.05) is 36.4 Å². The van der Waals surface area contributed by atoms with Gasteiger partial charge in [0.2, 0.25) is 5.90 Å². The number of nitrogens with zero attached hydrogens (tertiary/aromatic N) is 3. The van der Waals surface area contributed by atoms with Gasteiger partial charge in [-0.3, -0.25) is 0 Å². The van der Waals surface area contributed by atoms with E-state index >= 15 is 0 Å². The van der Waals surface area contributed by atoms with E-state index in [4.69, 9.17) is 9.47 Å². The summed E-state index contributed by atoms with van der Waals surface area (Å²) in [4.78, 5) is 32.8. The van der Waals surface area contributed by atoms with Crippen molar-refractivity contribution in [2.45, 2.75) is 6.42 Å². The van der Waals surface area contributed by atoms with Gasteiger partial charge in [0.05, 0.1) is 7.11 Å². The number of aliphatic imine (C=N–C) groups is 1. The smallest absolute Gasteiger partial charge is 0.365 e. The maximum absolute atomic E-state index is 12.4. The van der Waals surface area contributed by atoms with Gasteiger partial charge < -0.3 is 24.6 Å². The zero-order chi connectivity index (χ0) is 22.3. The number of rotatable bonds is 6. The minimum absolute atomic E-state index is 0.0631. The van der Waals surface area contributed by atoms with E-state index in [2.05, 4.69) is 22.4 Å². The molecule has 0 aromatic heterocycles. The highest BCUT2D eigenvalue weighted by molar-refractivity contribution is 6.11. The first kappa shape index (κ1) is 21.4. The van der Waals surface area contributed by atoms with Crippen LogP contribution in [-0.4, -0.2) is 67.5 Å². The normalized spacial score (nSPS) is 17.2. The lowest BCUT2D eigenvalue weighted by Crippen LogP contribution is -2.50. The van der Waals surface area contributed by atoms with Gasteiger partial charge >= 0.3 is 12.0 Å². The van der Waals surface area contributed by atoms with Crippen LogP contribution in [0.5, 0.6) is 5.75 Å². The highest BCUT2D eigenvalue weighted by Gasteiger charge is 2.26. The molecule has 0 radical (unpaired) electrons. The summed E-state index contributed by atoms with van der Waals surface area (Å²) in [6.45, 7) is 2.98. The fraction of sp³-hybridized carbons (Fsp3) is 0.292. The van der Waals surface area contributed by atoms with Gasteiger partial charge in [0, 0.05) is 44.5 Å². The number of hydrogen-bond donors (Lipinski definition) is 1. The van der Waals surface area contributed by atoms with Gasteiger partial charge in [-0.2, -0.15) is 0 Å². The Labute approximate surface area is 187 Å². The second kappa shape index (κ2) is 10.00. The molecule has 2 amide bonds. The van der Waals surface area contributed by atoms with E-state index in [1.54, 1.807) is 24.3 Å². The molecule has 8 nitrogen and oxygen atoms in total. The predicted molar refractivity (Wildman–Crippen MR) is 120 cm³/mol. The van der Waals surface area contributed by atoms with E-state index in [1.807, 2.05) is 41.3 Å². The summed E-state index contributed by atoms with van der Waals surface area (Å²) in [7, 11) is 1.58. The molecule has 0 aliphatic carbocycles. The van der Waals surface area contributed by atoms with Gasteiger partial charge in [-0.25, -0.2) is 14.6 Å². The van der Waals surface area contributed by atoms with Crippen molar-refractivity contribution >= 4 is 17.9 Å². The van der Waals surface area contributed by atoms with Crippen molar-refractivity contribution in [3.05, 3.63) is 77.6 Å². The minimum Gasteiger partial charge on any atom is -0.497 e. The summed E-state index contributed by atoms with van der Waals surface area (Å²) in [6, 6.07) is 17.2. The summed E-state index contributed by atoms with van der Waals surface area (Å²) in [5, 5.41) is 2.98. The first-order valence-corrected chi connectivity index (χ1v) is 10.6. The molecule has 0 bridgehead atoms. The Balaban J connectivity index is 1.28. The Morgan fingerprint density at radius 2 is 1.91 bits per heavy atom. The van der Waals surface area contributed by atoms with Crippen LogP contribution in [0.1, 0.15) is 11.1 Å². The number of piperazine rings is 1. The number of amides is 2. The third kappa shape index (κ3) is 5.26. The first-order valence-electron chi connectivity index (χ1n) is 10.6. The summed E-state index contributed by atoms with van der Waals surface area (Å²) in [5.74, 6) is 0.442. The lowest BCUT2D eigenvalue weighted by Gasteiger charge is -2.34. The van der Waals surface area contributed by atoms with Crippen molar-refractivity contribution in [1.82, 2.24) is 15.1 Å². The van der Waals surface area contributed by atoms with Gasteiger partial charge in [-0.15, -0.1) is 0 Å².